The highest BCUT2D eigenvalue weighted by Gasteiger charge is 2.02. The smallest absolute Gasteiger partial charge is 0.126 e. The Bertz CT molecular complexity index is 242. The number of hydrogen-bond donors (Lipinski definition) is 1. The molecule has 0 saturated heterocycles. The summed E-state index contributed by atoms with van der Waals surface area (Å²) >= 11 is 5.73. The summed E-state index contributed by atoms with van der Waals surface area (Å²) in [6.07, 6.45) is 3.88. The van der Waals surface area contributed by atoms with Crippen LogP contribution < -0.4 is 5.32 Å². The number of anilines is 1. The Kier molecular flexibility index (Phi) is 4.03. The van der Waals surface area contributed by atoms with E-state index in [9.17, 15) is 0 Å². The van der Waals surface area contributed by atoms with E-state index in [2.05, 4.69) is 24.1 Å². The van der Waals surface area contributed by atoms with Gasteiger partial charge < -0.3 is 5.32 Å². The Hall–Kier alpha value is -0.760. The molecule has 13 heavy (non-hydrogen) atoms. The lowest BCUT2D eigenvalue weighted by molar-refractivity contribution is 0.668. The quantitative estimate of drug-likeness (QED) is 0.803. The molecule has 1 rings (SSSR count). The van der Waals surface area contributed by atoms with Crippen molar-refractivity contribution < 1.29 is 0 Å². The zero-order valence-corrected chi connectivity index (χ0v) is 8.80. The largest absolute Gasteiger partial charge is 0.367 e. The second kappa shape index (κ2) is 5.07. The number of nitrogens with zero attached hydrogens (tertiary/aromatic N) is 1. The van der Waals surface area contributed by atoms with Crippen LogP contribution in [0.15, 0.2) is 18.3 Å². The second-order valence-electron chi connectivity index (χ2n) is 3.02. The van der Waals surface area contributed by atoms with E-state index in [1.807, 2.05) is 12.1 Å². The van der Waals surface area contributed by atoms with Crippen LogP contribution >= 0.6 is 11.6 Å². The molecule has 0 aliphatic heterocycles. The molecule has 0 aliphatic rings. The van der Waals surface area contributed by atoms with Crippen LogP contribution in [0.2, 0.25) is 5.02 Å². The average molecular weight is 199 g/mol. The Labute approximate surface area is 84.3 Å². The van der Waals surface area contributed by atoms with Crippen molar-refractivity contribution in [3.8, 4) is 0 Å². The van der Waals surface area contributed by atoms with Crippen LogP contribution in [0.25, 0.3) is 0 Å². The second-order valence-corrected chi connectivity index (χ2v) is 3.46. The van der Waals surface area contributed by atoms with Gasteiger partial charge in [-0.2, -0.15) is 0 Å². The van der Waals surface area contributed by atoms with Crippen LogP contribution in [0.5, 0.6) is 0 Å². The summed E-state index contributed by atoms with van der Waals surface area (Å²) in [6, 6.07) is 4.26. The average Bonchev–Trinajstić information content (AvgIpc) is 2.17. The zero-order chi connectivity index (χ0) is 9.68. The minimum Gasteiger partial charge on any atom is -0.367 e. The molecule has 0 unspecified atom stereocenters. The summed E-state index contributed by atoms with van der Waals surface area (Å²) in [5, 5.41) is 4.01. The van der Waals surface area contributed by atoms with E-state index in [1.54, 1.807) is 6.20 Å². The SMILES string of the molecule is CCC(CC)Nc1ccc(Cl)cn1. The molecule has 0 bridgehead atoms. The van der Waals surface area contributed by atoms with E-state index in [-0.39, 0.29) is 0 Å². The Morgan fingerprint density at radius 2 is 2.08 bits per heavy atom. The molecular weight excluding hydrogens is 184 g/mol. The predicted molar refractivity (Wildman–Crippen MR) is 57.2 cm³/mol. The minimum atomic E-state index is 0.508. The van der Waals surface area contributed by atoms with Gasteiger partial charge in [-0.1, -0.05) is 25.4 Å². The third kappa shape index (κ3) is 3.23. The van der Waals surface area contributed by atoms with E-state index in [0.717, 1.165) is 18.7 Å². The number of hydrogen-bond acceptors (Lipinski definition) is 2. The molecule has 0 aromatic carbocycles. The molecule has 0 amide bonds. The van der Waals surface area contributed by atoms with Crippen molar-refractivity contribution in [2.75, 3.05) is 5.32 Å². The van der Waals surface area contributed by atoms with Crippen molar-refractivity contribution in [3.63, 3.8) is 0 Å². The van der Waals surface area contributed by atoms with E-state index < -0.39 is 0 Å². The summed E-state index contributed by atoms with van der Waals surface area (Å²) < 4.78 is 0. The molecule has 1 aromatic heterocycles. The van der Waals surface area contributed by atoms with E-state index in [4.69, 9.17) is 11.6 Å². The molecule has 1 heterocycles. The Morgan fingerprint density at radius 1 is 1.38 bits per heavy atom. The highest BCUT2D eigenvalue weighted by Crippen LogP contribution is 2.12. The first-order chi connectivity index (χ1) is 6.26. The van der Waals surface area contributed by atoms with Crippen molar-refractivity contribution in [1.29, 1.82) is 0 Å². The third-order valence-electron chi connectivity index (χ3n) is 2.06. The Morgan fingerprint density at radius 3 is 2.54 bits per heavy atom. The van der Waals surface area contributed by atoms with Gasteiger partial charge in [-0.3, -0.25) is 0 Å². The molecule has 0 aliphatic carbocycles. The summed E-state index contributed by atoms with van der Waals surface area (Å²) in [6.45, 7) is 4.33. The highest BCUT2D eigenvalue weighted by molar-refractivity contribution is 6.30. The fourth-order valence-electron chi connectivity index (χ4n) is 1.16. The van der Waals surface area contributed by atoms with Gasteiger partial charge in [-0.25, -0.2) is 4.98 Å². The van der Waals surface area contributed by atoms with Crippen LogP contribution in [-0.4, -0.2) is 11.0 Å². The molecule has 1 aromatic rings. The van der Waals surface area contributed by atoms with Gasteiger partial charge in [-0.15, -0.1) is 0 Å². The fraction of sp³-hybridized carbons (Fsp3) is 0.500. The van der Waals surface area contributed by atoms with Crippen molar-refractivity contribution in [2.24, 2.45) is 0 Å². The van der Waals surface area contributed by atoms with Gasteiger partial charge in [-0.05, 0) is 25.0 Å². The van der Waals surface area contributed by atoms with E-state index in [0.29, 0.717) is 11.1 Å². The molecule has 0 spiro atoms. The van der Waals surface area contributed by atoms with Gasteiger partial charge in [0.15, 0.2) is 0 Å². The first kappa shape index (κ1) is 10.3. The molecule has 1 N–H and O–H groups in total. The van der Waals surface area contributed by atoms with Crippen molar-refractivity contribution in [2.45, 2.75) is 32.7 Å². The molecule has 0 atom stereocenters. The van der Waals surface area contributed by atoms with Gasteiger partial charge >= 0.3 is 0 Å². The van der Waals surface area contributed by atoms with Crippen LogP contribution in [0.4, 0.5) is 5.82 Å². The Balaban J connectivity index is 2.58. The predicted octanol–water partition coefficient (Wildman–Crippen LogP) is 3.34. The highest BCUT2D eigenvalue weighted by atomic mass is 35.5. The van der Waals surface area contributed by atoms with Gasteiger partial charge in [0.2, 0.25) is 0 Å². The van der Waals surface area contributed by atoms with Crippen molar-refractivity contribution >= 4 is 17.4 Å². The van der Waals surface area contributed by atoms with Gasteiger partial charge in [0.05, 0.1) is 5.02 Å². The number of pyridine rings is 1. The topological polar surface area (TPSA) is 24.9 Å². The van der Waals surface area contributed by atoms with Crippen LogP contribution in [0.3, 0.4) is 0 Å². The molecule has 72 valence electrons. The van der Waals surface area contributed by atoms with Gasteiger partial charge in [0.1, 0.15) is 5.82 Å². The van der Waals surface area contributed by atoms with E-state index in [1.165, 1.54) is 0 Å². The lowest BCUT2D eigenvalue weighted by Crippen LogP contribution is -2.17. The first-order valence-electron chi connectivity index (χ1n) is 4.64. The number of aromatic nitrogens is 1. The number of nitrogens with one attached hydrogen (secondary N) is 1. The third-order valence-corrected chi connectivity index (χ3v) is 2.29. The lowest BCUT2D eigenvalue weighted by atomic mass is 10.2. The van der Waals surface area contributed by atoms with Gasteiger partial charge in [0, 0.05) is 12.2 Å². The number of rotatable bonds is 4. The molecule has 2 nitrogen and oxygen atoms in total. The molecule has 0 radical (unpaired) electrons. The molecule has 3 heteroatoms. The summed E-state index contributed by atoms with van der Waals surface area (Å²) in [5.74, 6) is 0.901. The standard InChI is InChI=1S/C10H15ClN2/c1-3-9(4-2)13-10-6-5-8(11)7-12-10/h5-7,9H,3-4H2,1-2H3,(H,12,13). The minimum absolute atomic E-state index is 0.508. The van der Waals surface area contributed by atoms with Crippen LogP contribution in [0, 0.1) is 0 Å². The first-order valence-corrected chi connectivity index (χ1v) is 5.02. The number of halogens is 1. The monoisotopic (exact) mass is 198 g/mol. The fourth-order valence-corrected chi connectivity index (χ4v) is 1.27. The lowest BCUT2D eigenvalue weighted by Gasteiger charge is -2.14. The normalized spacial score (nSPS) is 10.5. The summed E-state index contributed by atoms with van der Waals surface area (Å²) in [5.41, 5.74) is 0. The van der Waals surface area contributed by atoms with Crippen molar-refractivity contribution in [3.05, 3.63) is 23.4 Å². The maximum Gasteiger partial charge on any atom is 0.126 e. The van der Waals surface area contributed by atoms with Crippen LogP contribution in [-0.2, 0) is 0 Å². The van der Waals surface area contributed by atoms with Crippen LogP contribution in [0.1, 0.15) is 26.7 Å². The zero-order valence-electron chi connectivity index (χ0n) is 8.05. The van der Waals surface area contributed by atoms with Gasteiger partial charge in [0.25, 0.3) is 0 Å². The maximum absolute atomic E-state index is 5.73. The summed E-state index contributed by atoms with van der Waals surface area (Å²) in [7, 11) is 0. The van der Waals surface area contributed by atoms with E-state index >= 15 is 0 Å². The molecular formula is C10H15ClN2. The molecule has 0 fully saturated rings. The summed E-state index contributed by atoms with van der Waals surface area (Å²) in [4.78, 5) is 4.17. The molecule has 0 saturated carbocycles. The maximum atomic E-state index is 5.73. The van der Waals surface area contributed by atoms with Crippen molar-refractivity contribution in [1.82, 2.24) is 4.98 Å².